The molecule has 1 heterocycles. The number of hydrogen-bond acceptors (Lipinski definition) is 6. The van der Waals surface area contributed by atoms with Crippen molar-refractivity contribution in [1.29, 1.82) is 0 Å². The van der Waals surface area contributed by atoms with E-state index in [9.17, 15) is 18.0 Å². The first-order valence-corrected chi connectivity index (χ1v) is 15.0. The van der Waals surface area contributed by atoms with Gasteiger partial charge in [0.15, 0.2) is 12.7 Å². The molecule has 4 aromatic rings. The Morgan fingerprint density at radius 1 is 0.976 bits per heavy atom. The average Bonchev–Trinajstić information content (AvgIpc) is 3.00. The van der Waals surface area contributed by atoms with Crippen molar-refractivity contribution in [1.82, 2.24) is 5.32 Å². The molecule has 2 amide bonds. The lowest BCUT2D eigenvalue weighted by Crippen LogP contribution is -2.51. The fraction of sp³-hybridized carbons (Fsp3) is 0.161. The molecule has 4 aromatic carbocycles. The summed E-state index contributed by atoms with van der Waals surface area (Å²) in [6.45, 7) is 1.70. The summed E-state index contributed by atoms with van der Waals surface area (Å²) in [7, 11) is -3.86. The summed E-state index contributed by atoms with van der Waals surface area (Å²) in [6, 6.07) is 27.2. The Morgan fingerprint density at radius 2 is 1.69 bits per heavy atom. The number of amides is 2. The van der Waals surface area contributed by atoms with Crippen molar-refractivity contribution in [3.63, 3.8) is 0 Å². The molecule has 11 heteroatoms. The number of para-hydroxylation sites is 2. The zero-order valence-corrected chi connectivity index (χ0v) is 24.2. The van der Waals surface area contributed by atoms with Crippen LogP contribution in [0.3, 0.4) is 0 Å². The van der Waals surface area contributed by atoms with Crippen LogP contribution in [-0.2, 0) is 26.2 Å². The molecule has 2 N–H and O–H groups in total. The monoisotopic (exact) mass is 605 g/mol. The van der Waals surface area contributed by atoms with Crippen LogP contribution in [0.4, 0.5) is 11.4 Å². The molecule has 9 nitrogen and oxygen atoms in total. The Labute approximate surface area is 249 Å². The van der Waals surface area contributed by atoms with E-state index in [2.05, 4.69) is 10.0 Å². The van der Waals surface area contributed by atoms with E-state index < -0.39 is 16.1 Å². The summed E-state index contributed by atoms with van der Waals surface area (Å²) in [5.74, 6) is 0.0439. The van der Waals surface area contributed by atoms with Crippen LogP contribution in [0.2, 0.25) is 5.02 Å². The Kier molecular flexibility index (Phi) is 8.65. The van der Waals surface area contributed by atoms with E-state index in [1.54, 1.807) is 55.5 Å². The van der Waals surface area contributed by atoms with Gasteiger partial charge in [0.1, 0.15) is 11.5 Å². The number of nitrogens with one attached hydrogen (secondary N) is 2. The lowest BCUT2D eigenvalue weighted by Gasteiger charge is -2.34. The van der Waals surface area contributed by atoms with Crippen LogP contribution in [0.25, 0.3) is 0 Å². The number of halogens is 1. The highest BCUT2D eigenvalue weighted by molar-refractivity contribution is 7.92. The second-order valence-corrected chi connectivity index (χ2v) is 11.7. The molecule has 5 rings (SSSR count). The maximum atomic E-state index is 13.3. The minimum Gasteiger partial charge on any atom is -0.483 e. The SMILES string of the molecule is Cc1cc(S(=O)(=O)Nc2ccc(Cl)cc2)ccc1OCC(=O)N1C[C@@H](C(=O)NCc2ccccc2)Oc2ccccc21. The Hall–Kier alpha value is -4.54. The van der Waals surface area contributed by atoms with Crippen molar-refractivity contribution in [2.75, 3.05) is 22.8 Å². The molecule has 0 bridgehead atoms. The van der Waals surface area contributed by atoms with Gasteiger partial charge in [0, 0.05) is 17.3 Å². The van der Waals surface area contributed by atoms with Crippen LogP contribution >= 0.6 is 11.6 Å². The number of anilines is 2. The molecule has 1 aliphatic rings. The first kappa shape index (κ1) is 29.0. The van der Waals surface area contributed by atoms with Gasteiger partial charge in [0.05, 0.1) is 17.1 Å². The van der Waals surface area contributed by atoms with E-state index in [0.29, 0.717) is 40.0 Å². The molecule has 0 aliphatic carbocycles. The molecule has 0 spiro atoms. The third kappa shape index (κ3) is 6.84. The number of benzene rings is 4. The third-order valence-corrected chi connectivity index (χ3v) is 8.21. The number of carbonyl (C=O) groups excluding carboxylic acids is 2. The number of nitrogens with zero attached hydrogens (tertiary/aromatic N) is 1. The first-order valence-electron chi connectivity index (χ1n) is 13.1. The summed E-state index contributed by atoms with van der Waals surface area (Å²) in [4.78, 5) is 27.8. The van der Waals surface area contributed by atoms with Crippen LogP contribution in [0.1, 0.15) is 11.1 Å². The van der Waals surface area contributed by atoms with Gasteiger partial charge in [-0.15, -0.1) is 0 Å². The molecule has 216 valence electrons. The third-order valence-electron chi connectivity index (χ3n) is 6.58. The number of ether oxygens (including phenoxy) is 2. The second kappa shape index (κ2) is 12.5. The fourth-order valence-corrected chi connectivity index (χ4v) is 5.68. The zero-order valence-electron chi connectivity index (χ0n) is 22.6. The average molecular weight is 606 g/mol. The van der Waals surface area contributed by atoms with Crippen molar-refractivity contribution >= 4 is 44.8 Å². The van der Waals surface area contributed by atoms with E-state index >= 15 is 0 Å². The molecule has 1 atom stereocenters. The number of fused-ring (bicyclic) bond motifs is 1. The van der Waals surface area contributed by atoms with Gasteiger partial charge in [0.2, 0.25) is 0 Å². The summed E-state index contributed by atoms with van der Waals surface area (Å²) in [5, 5.41) is 3.36. The molecule has 0 radical (unpaired) electrons. The van der Waals surface area contributed by atoms with Gasteiger partial charge in [-0.2, -0.15) is 0 Å². The van der Waals surface area contributed by atoms with Crippen LogP contribution in [0.15, 0.2) is 102 Å². The Bertz CT molecular complexity index is 1700. The van der Waals surface area contributed by atoms with Gasteiger partial charge in [0.25, 0.3) is 21.8 Å². The van der Waals surface area contributed by atoms with E-state index in [1.165, 1.54) is 23.1 Å². The molecule has 0 fully saturated rings. The highest BCUT2D eigenvalue weighted by Crippen LogP contribution is 2.33. The Morgan fingerprint density at radius 3 is 2.43 bits per heavy atom. The topological polar surface area (TPSA) is 114 Å². The van der Waals surface area contributed by atoms with Crippen LogP contribution in [-0.4, -0.2) is 39.5 Å². The molecule has 0 saturated carbocycles. The van der Waals surface area contributed by atoms with Crippen LogP contribution in [0, 0.1) is 6.92 Å². The second-order valence-electron chi connectivity index (χ2n) is 9.61. The first-order chi connectivity index (χ1) is 20.2. The van der Waals surface area contributed by atoms with E-state index in [4.69, 9.17) is 21.1 Å². The van der Waals surface area contributed by atoms with Crippen LogP contribution < -0.4 is 24.4 Å². The van der Waals surface area contributed by atoms with Crippen molar-refractivity contribution in [2.45, 2.75) is 24.5 Å². The molecule has 0 saturated heterocycles. The number of carbonyl (C=O) groups is 2. The predicted octanol–water partition coefficient (Wildman–Crippen LogP) is 4.94. The van der Waals surface area contributed by atoms with Gasteiger partial charge >= 0.3 is 0 Å². The maximum Gasteiger partial charge on any atom is 0.265 e. The van der Waals surface area contributed by atoms with Crippen molar-refractivity contribution in [3.8, 4) is 11.5 Å². The predicted molar refractivity (Wildman–Crippen MR) is 160 cm³/mol. The fourth-order valence-electron chi connectivity index (χ4n) is 4.41. The number of hydrogen-bond donors (Lipinski definition) is 2. The summed E-state index contributed by atoms with van der Waals surface area (Å²) < 4.78 is 40.0. The van der Waals surface area contributed by atoms with Gasteiger partial charge in [-0.25, -0.2) is 8.42 Å². The van der Waals surface area contributed by atoms with Crippen LogP contribution in [0.5, 0.6) is 11.5 Å². The lowest BCUT2D eigenvalue weighted by atomic mass is 10.1. The normalized spacial score (nSPS) is 14.3. The smallest absolute Gasteiger partial charge is 0.265 e. The highest BCUT2D eigenvalue weighted by atomic mass is 35.5. The van der Waals surface area contributed by atoms with Crippen molar-refractivity contribution in [2.24, 2.45) is 0 Å². The molecular weight excluding hydrogens is 578 g/mol. The molecule has 0 unspecified atom stereocenters. The summed E-state index contributed by atoms with van der Waals surface area (Å²) >= 11 is 5.88. The van der Waals surface area contributed by atoms with Gasteiger partial charge in [-0.1, -0.05) is 54.1 Å². The maximum absolute atomic E-state index is 13.3. The lowest BCUT2D eigenvalue weighted by molar-refractivity contribution is -0.128. The standard InChI is InChI=1S/C31H28ClN3O6S/c1-21-17-25(42(38,39)34-24-13-11-23(32)12-14-24)15-16-27(21)40-20-30(36)35-19-29(41-28-10-6-5-9-26(28)35)31(37)33-18-22-7-3-2-4-8-22/h2-17,29,34H,18-20H2,1H3,(H,33,37)/t29-/m0/s1. The summed E-state index contributed by atoms with van der Waals surface area (Å²) in [6.07, 6.45) is -0.910. The van der Waals surface area contributed by atoms with Gasteiger partial charge in [-0.3, -0.25) is 14.3 Å². The van der Waals surface area contributed by atoms with E-state index in [-0.39, 0.29) is 29.9 Å². The van der Waals surface area contributed by atoms with Gasteiger partial charge in [-0.05, 0) is 72.6 Å². The summed E-state index contributed by atoms with van der Waals surface area (Å²) in [5.41, 5.74) is 2.38. The highest BCUT2D eigenvalue weighted by Gasteiger charge is 2.34. The van der Waals surface area contributed by atoms with Gasteiger partial charge < -0.3 is 19.7 Å². The quantitative estimate of drug-likeness (QED) is 0.279. The molecule has 1 aliphatic heterocycles. The van der Waals surface area contributed by atoms with E-state index in [1.807, 2.05) is 30.3 Å². The van der Waals surface area contributed by atoms with Crippen molar-refractivity contribution in [3.05, 3.63) is 113 Å². The Balaban J connectivity index is 1.24. The number of rotatable bonds is 9. The minimum absolute atomic E-state index is 0.00631. The molecule has 42 heavy (non-hydrogen) atoms. The molecular formula is C31H28ClN3O6S. The molecule has 0 aromatic heterocycles. The van der Waals surface area contributed by atoms with E-state index in [0.717, 1.165) is 5.56 Å². The zero-order chi connectivity index (χ0) is 29.7. The number of aryl methyl sites for hydroxylation is 1. The number of sulfonamides is 1. The van der Waals surface area contributed by atoms with Crippen molar-refractivity contribution < 1.29 is 27.5 Å². The minimum atomic E-state index is -3.86. The largest absolute Gasteiger partial charge is 0.483 e.